The molecule has 2 aromatic rings. The van der Waals surface area contributed by atoms with Crippen LogP contribution in [0.5, 0.6) is 0 Å². The molecular formula is C16H14ClNO4S. The van der Waals surface area contributed by atoms with Gasteiger partial charge < -0.3 is 10.1 Å². The third-order valence-corrected chi connectivity index (χ3v) is 4.17. The lowest BCUT2D eigenvalue weighted by molar-refractivity contribution is -0.119. The van der Waals surface area contributed by atoms with E-state index in [1.165, 1.54) is 12.1 Å². The average Bonchev–Trinajstić information content (AvgIpc) is 2.55. The monoisotopic (exact) mass is 351 g/mol. The Morgan fingerprint density at radius 3 is 2.39 bits per heavy atom. The number of hydrogen-bond donors (Lipinski definition) is 1. The smallest absolute Gasteiger partial charge is 0.338 e. The van der Waals surface area contributed by atoms with E-state index in [-0.39, 0.29) is 5.56 Å². The molecule has 0 aliphatic carbocycles. The topological polar surface area (TPSA) is 72.5 Å². The second-order valence-electron chi connectivity index (χ2n) is 4.58. The number of para-hydroxylation sites is 1. The van der Waals surface area contributed by atoms with Gasteiger partial charge in [0.25, 0.3) is 5.91 Å². The van der Waals surface area contributed by atoms with Crippen molar-refractivity contribution in [2.75, 3.05) is 18.2 Å². The second kappa shape index (κ2) is 7.89. The standard InChI is InChI=1S/C16H14ClNO4S/c1-23(21)12-8-6-11(7-9-12)16(20)22-10-15(19)18-14-5-3-2-4-13(14)17/h2-9H,10H2,1H3,(H,18,19). The number of anilines is 1. The summed E-state index contributed by atoms with van der Waals surface area (Å²) in [5, 5.41) is 2.95. The zero-order valence-corrected chi connectivity index (χ0v) is 13.8. The van der Waals surface area contributed by atoms with Crippen LogP contribution >= 0.6 is 11.6 Å². The van der Waals surface area contributed by atoms with E-state index in [2.05, 4.69) is 5.32 Å². The molecule has 5 nitrogen and oxygen atoms in total. The summed E-state index contributed by atoms with van der Waals surface area (Å²) in [5.74, 6) is -1.12. The molecule has 0 aliphatic heterocycles. The van der Waals surface area contributed by atoms with Crippen molar-refractivity contribution in [1.82, 2.24) is 0 Å². The number of ether oxygens (including phenoxy) is 1. The number of halogens is 1. The summed E-state index contributed by atoms with van der Waals surface area (Å²) >= 11 is 5.92. The van der Waals surface area contributed by atoms with Gasteiger partial charge >= 0.3 is 5.97 Å². The van der Waals surface area contributed by atoms with Crippen molar-refractivity contribution in [1.29, 1.82) is 0 Å². The van der Waals surface area contributed by atoms with Gasteiger partial charge in [-0.25, -0.2) is 4.79 Å². The van der Waals surface area contributed by atoms with E-state index in [4.69, 9.17) is 16.3 Å². The molecule has 0 saturated carbocycles. The summed E-state index contributed by atoms with van der Waals surface area (Å²) in [4.78, 5) is 24.2. The molecule has 120 valence electrons. The molecular weight excluding hydrogens is 338 g/mol. The molecule has 7 heteroatoms. The average molecular weight is 352 g/mol. The Morgan fingerprint density at radius 1 is 1.13 bits per heavy atom. The number of amides is 1. The molecule has 1 unspecified atom stereocenters. The predicted molar refractivity (Wildman–Crippen MR) is 89.1 cm³/mol. The van der Waals surface area contributed by atoms with Crippen LogP contribution in [-0.2, 0) is 20.3 Å². The summed E-state index contributed by atoms with van der Waals surface area (Å²) in [5.41, 5.74) is 0.731. The number of hydrogen-bond acceptors (Lipinski definition) is 4. The highest BCUT2D eigenvalue weighted by atomic mass is 35.5. The maximum Gasteiger partial charge on any atom is 0.338 e. The maximum absolute atomic E-state index is 11.8. The summed E-state index contributed by atoms with van der Waals surface area (Å²) in [7, 11) is -1.12. The predicted octanol–water partition coefficient (Wildman–Crippen LogP) is 2.87. The Kier molecular flexibility index (Phi) is 5.90. The van der Waals surface area contributed by atoms with Crippen LogP contribution in [-0.4, -0.2) is 28.9 Å². The van der Waals surface area contributed by atoms with E-state index in [0.29, 0.717) is 15.6 Å². The van der Waals surface area contributed by atoms with Crippen LogP contribution < -0.4 is 5.32 Å². The summed E-state index contributed by atoms with van der Waals surface area (Å²) in [6.45, 7) is -0.425. The minimum absolute atomic E-state index is 0.282. The Bertz CT molecular complexity index is 746. The molecule has 0 bridgehead atoms. The van der Waals surface area contributed by atoms with Crippen LogP contribution in [0.1, 0.15) is 10.4 Å². The highest BCUT2D eigenvalue weighted by Crippen LogP contribution is 2.20. The number of benzene rings is 2. The summed E-state index contributed by atoms with van der Waals surface area (Å²) < 4.78 is 16.2. The Hall–Kier alpha value is -2.18. The van der Waals surface area contributed by atoms with E-state index in [0.717, 1.165) is 0 Å². The highest BCUT2D eigenvalue weighted by molar-refractivity contribution is 7.84. The lowest BCUT2D eigenvalue weighted by Gasteiger charge is -2.08. The molecule has 1 N–H and O–H groups in total. The largest absolute Gasteiger partial charge is 0.452 e. The van der Waals surface area contributed by atoms with Gasteiger partial charge in [0.1, 0.15) is 0 Å². The molecule has 0 aliphatic rings. The van der Waals surface area contributed by atoms with Gasteiger partial charge in [-0.3, -0.25) is 9.00 Å². The van der Waals surface area contributed by atoms with E-state index in [1.54, 1.807) is 42.7 Å². The summed E-state index contributed by atoms with van der Waals surface area (Å²) in [6.07, 6.45) is 1.55. The number of carbonyl (C=O) groups is 2. The summed E-state index contributed by atoms with van der Waals surface area (Å²) in [6, 6.07) is 12.9. The van der Waals surface area contributed by atoms with Crippen molar-refractivity contribution >= 4 is 40.0 Å². The van der Waals surface area contributed by atoms with Crippen molar-refractivity contribution in [2.45, 2.75) is 4.90 Å². The van der Waals surface area contributed by atoms with Crippen molar-refractivity contribution in [3.63, 3.8) is 0 Å². The molecule has 0 spiro atoms. The number of rotatable bonds is 5. The van der Waals surface area contributed by atoms with Gasteiger partial charge in [0.05, 0.1) is 16.3 Å². The van der Waals surface area contributed by atoms with E-state index < -0.39 is 29.3 Å². The molecule has 2 aromatic carbocycles. The Morgan fingerprint density at radius 2 is 1.78 bits per heavy atom. The van der Waals surface area contributed by atoms with E-state index >= 15 is 0 Å². The van der Waals surface area contributed by atoms with Gasteiger partial charge in [0.15, 0.2) is 6.61 Å². The first-order valence-corrected chi connectivity index (χ1v) is 8.56. The van der Waals surface area contributed by atoms with Gasteiger partial charge in [-0.2, -0.15) is 0 Å². The number of nitrogens with one attached hydrogen (secondary N) is 1. The fourth-order valence-corrected chi connectivity index (χ4v) is 2.45. The molecule has 1 atom stereocenters. The fourth-order valence-electron chi connectivity index (χ4n) is 1.75. The molecule has 0 aromatic heterocycles. The van der Waals surface area contributed by atoms with Crippen LogP contribution in [0.3, 0.4) is 0 Å². The van der Waals surface area contributed by atoms with Gasteiger partial charge in [0.2, 0.25) is 0 Å². The van der Waals surface area contributed by atoms with E-state index in [9.17, 15) is 13.8 Å². The maximum atomic E-state index is 11.8. The second-order valence-corrected chi connectivity index (χ2v) is 6.37. The van der Waals surface area contributed by atoms with Crippen LogP contribution in [0, 0.1) is 0 Å². The molecule has 0 heterocycles. The third-order valence-electron chi connectivity index (χ3n) is 2.90. The molecule has 1 amide bonds. The van der Waals surface area contributed by atoms with Gasteiger partial charge in [-0.15, -0.1) is 0 Å². The number of carbonyl (C=O) groups excluding carboxylic acids is 2. The molecule has 23 heavy (non-hydrogen) atoms. The highest BCUT2D eigenvalue weighted by Gasteiger charge is 2.11. The van der Waals surface area contributed by atoms with Crippen molar-refractivity contribution < 1.29 is 18.5 Å². The van der Waals surface area contributed by atoms with Crippen LogP contribution in [0.2, 0.25) is 5.02 Å². The Balaban J connectivity index is 1.90. The lowest BCUT2D eigenvalue weighted by Crippen LogP contribution is -2.21. The molecule has 0 saturated heterocycles. The quantitative estimate of drug-likeness (QED) is 0.841. The van der Waals surface area contributed by atoms with Crippen molar-refractivity contribution in [2.24, 2.45) is 0 Å². The normalized spacial score (nSPS) is 11.6. The minimum Gasteiger partial charge on any atom is -0.452 e. The lowest BCUT2D eigenvalue weighted by atomic mass is 10.2. The first-order chi connectivity index (χ1) is 11.0. The Labute approximate surface area is 141 Å². The van der Waals surface area contributed by atoms with Gasteiger partial charge in [-0.1, -0.05) is 23.7 Å². The zero-order valence-electron chi connectivity index (χ0n) is 12.2. The van der Waals surface area contributed by atoms with E-state index in [1.807, 2.05) is 0 Å². The first kappa shape index (κ1) is 17.2. The van der Waals surface area contributed by atoms with Crippen LogP contribution in [0.4, 0.5) is 5.69 Å². The molecule has 2 rings (SSSR count). The van der Waals surface area contributed by atoms with Crippen LogP contribution in [0.15, 0.2) is 53.4 Å². The van der Waals surface area contributed by atoms with Gasteiger partial charge in [0, 0.05) is 22.0 Å². The van der Waals surface area contributed by atoms with Crippen molar-refractivity contribution in [3.8, 4) is 0 Å². The molecule has 0 radical (unpaired) electrons. The fraction of sp³-hybridized carbons (Fsp3) is 0.125. The minimum atomic E-state index is -1.12. The first-order valence-electron chi connectivity index (χ1n) is 6.62. The van der Waals surface area contributed by atoms with Crippen LogP contribution in [0.25, 0.3) is 0 Å². The molecule has 0 fully saturated rings. The number of esters is 1. The van der Waals surface area contributed by atoms with Crippen molar-refractivity contribution in [3.05, 3.63) is 59.1 Å². The zero-order chi connectivity index (χ0) is 16.8. The SMILES string of the molecule is CS(=O)c1ccc(C(=O)OCC(=O)Nc2ccccc2Cl)cc1. The van der Waals surface area contributed by atoms with Gasteiger partial charge in [-0.05, 0) is 36.4 Å². The third kappa shape index (κ3) is 4.91.